The van der Waals surface area contributed by atoms with E-state index in [0.717, 1.165) is 0 Å². The van der Waals surface area contributed by atoms with Crippen LogP contribution < -0.4 is 10.6 Å². The summed E-state index contributed by atoms with van der Waals surface area (Å²) in [6.07, 6.45) is 6.00. The summed E-state index contributed by atoms with van der Waals surface area (Å²) in [5.41, 5.74) is 0. The minimum atomic E-state index is -0.433. The largest absolute Gasteiger partial charge is 0.326 e. The molecule has 0 saturated carbocycles. The monoisotopic (exact) mass is 152 g/mol. The molecule has 0 aromatic heterocycles. The third kappa shape index (κ3) is 1.71. The number of carbonyl (C=O) groups is 2. The number of hydrogen-bond donors (Lipinski definition) is 2. The molecule has 1 rings (SSSR count). The highest BCUT2D eigenvalue weighted by Crippen LogP contribution is 2.00. The van der Waals surface area contributed by atoms with E-state index in [4.69, 9.17) is 6.42 Å². The SMILES string of the molecule is C#CCCC1NC(=O)NC1=O. The molecule has 0 spiro atoms. The van der Waals surface area contributed by atoms with Gasteiger partial charge in [0.1, 0.15) is 6.04 Å². The molecule has 1 unspecified atom stereocenters. The van der Waals surface area contributed by atoms with E-state index < -0.39 is 12.1 Å². The van der Waals surface area contributed by atoms with Crippen LogP contribution in [0.25, 0.3) is 0 Å². The zero-order chi connectivity index (χ0) is 8.27. The normalized spacial score (nSPS) is 22.3. The van der Waals surface area contributed by atoms with Crippen LogP contribution in [0.1, 0.15) is 12.8 Å². The van der Waals surface area contributed by atoms with Gasteiger partial charge in [0.05, 0.1) is 0 Å². The van der Waals surface area contributed by atoms with Crippen molar-refractivity contribution in [1.82, 2.24) is 10.6 Å². The van der Waals surface area contributed by atoms with Gasteiger partial charge in [-0.15, -0.1) is 12.3 Å². The van der Waals surface area contributed by atoms with Crippen LogP contribution in [0.2, 0.25) is 0 Å². The first kappa shape index (κ1) is 7.61. The highest BCUT2D eigenvalue weighted by molar-refractivity contribution is 6.04. The Hall–Kier alpha value is -1.50. The van der Waals surface area contributed by atoms with Crippen molar-refractivity contribution < 1.29 is 9.59 Å². The van der Waals surface area contributed by atoms with Crippen molar-refractivity contribution in [2.45, 2.75) is 18.9 Å². The fraction of sp³-hybridized carbons (Fsp3) is 0.429. The summed E-state index contributed by atoms with van der Waals surface area (Å²) in [7, 11) is 0. The van der Waals surface area contributed by atoms with E-state index in [1.165, 1.54) is 0 Å². The molecule has 0 radical (unpaired) electrons. The van der Waals surface area contributed by atoms with Gasteiger partial charge in [0.2, 0.25) is 0 Å². The Kier molecular flexibility index (Phi) is 2.12. The topological polar surface area (TPSA) is 58.2 Å². The molecule has 1 saturated heterocycles. The molecule has 0 aliphatic carbocycles. The second kappa shape index (κ2) is 3.06. The second-order valence-corrected chi connectivity index (χ2v) is 2.26. The first-order valence-corrected chi connectivity index (χ1v) is 3.29. The molecule has 0 aromatic rings. The molecule has 4 heteroatoms. The van der Waals surface area contributed by atoms with Gasteiger partial charge in [0.25, 0.3) is 5.91 Å². The number of carbonyl (C=O) groups excluding carboxylic acids is 2. The lowest BCUT2D eigenvalue weighted by Crippen LogP contribution is -2.28. The van der Waals surface area contributed by atoms with E-state index >= 15 is 0 Å². The van der Waals surface area contributed by atoms with Crippen LogP contribution >= 0.6 is 0 Å². The molecule has 58 valence electrons. The maximum atomic E-state index is 10.8. The van der Waals surface area contributed by atoms with Crippen LogP contribution in [0.3, 0.4) is 0 Å². The maximum absolute atomic E-state index is 10.8. The van der Waals surface area contributed by atoms with Crippen LogP contribution in [0.5, 0.6) is 0 Å². The lowest BCUT2D eigenvalue weighted by atomic mass is 10.2. The number of hydrogen-bond acceptors (Lipinski definition) is 2. The summed E-state index contributed by atoms with van der Waals surface area (Å²) in [6.45, 7) is 0. The predicted molar refractivity (Wildman–Crippen MR) is 38.5 cm³/mol. The Morgan fingerprint density at radius 2 is 2.27 bits per heavy atom. The molecule has 1 fully saturated rings. The molecular formula is C7H8N2O2. The van der Waals surface area contributed by atoms with E-state index in [-0.39, 0.29) is 5.91 Å². The Bertz CT molecular complexity index is 229. The highest BCUT2D eigenvalue weighted by Gasteiger charge is 2.28. The smallest absolute Gasteiger partial charge is 0.322 e. The Balaban J connectivity index is 2.42. The molecule has 3 amide bonds. The molecule has 11 heavy (non-hydrogen) atoms. The van der Waals surface area contributed by atoms with Gasteiger partial charge in [0.15, 0.2) is 0 Å². The van der Waals surface area contributed by atoms with E-state index in [1.807, 2.05) is 0 Å². The molecular weight excluding hydrogens is 144 g/mol. The van der Waals surface area contributed by atoms with E-state index in [1.54, 1.807) is 0 Å². The fourth-order valence-electron chi connectivity index (χ4n) is 0.890. The van der Waals surface area contributed by atoms with Crippen molar-refractivity contribution in [2.75, 3.05) is 0 Å². The van der Waals surface area contributed by atoms with Crippen molar-refractivity contribution >= 4 is 11.9 Å². The van der Waals surface area contributed by atoms with Gasteiger partial charge in [-0.05, 0) is 6.42 Å². The van der Waals surface area contributed by atoms with Crippen LogP contribution in [-0.2, 0) is 4.79 Å². The maximum Gasteiger partial charge on any atom is 0.322 e. The van der Waals surface area contributed by atoms with Crippen molar-refractivity contribution in [3.8, 4) is 12.3 Å². The lowest BCUT2D eigenvalue weighted by molar-refractivity contribution is -0.120. The second-order valence-electron chi connectivity index (χ2n) is 2.26. The fourth-order valence-corrected chi connectivity index (χ4v) is 0.890. The highest BCUT2D eigenvalue weighted by atomic mass is 16.2. The summed E-state index contributed by atoms with van der Waals surface area (Å²) >= 11 is 0. The zero-order valence-corrected chi connectivity index (χ0v) is 5.89. The first-order valence-electron chi connectivity index (χ1n) is 3.29. The Morgan fingerprint density at radius 3 is 2.73 bits per heavy atom. The van der Waals surface area contributed by atoms with E-state index in [0.29, 0.717) is 12.8 Å². The molecule has 1 aliphatic rings. The number of imide groups is 1. The first-order chi connectivity index (χ1) is 5.24. The van der Waals surface area contributed by atoms with E-state index in [9.17, 15) is 9.59 Å². The van der Waals surface area contributed by atoms with Crippen molar-refractivity contribution in [1.29, 1.82) is 0 Å². The van der Waals surface area contributed by atoms with Crippen molar-refractivity contribution in [3.63, 3.8) is 0 Å². The van der Waals surface area contributed by atoms with E-state index in [2.05, 4.69) is 16.6 Å². The standard InChI is InChI=1S/C7H8N2O2/c1-2-3-4-5-6(10)9-7(11)8-5/h1,5H,3-4H2,(H2,8,9,10,11). The average Bonchev–Trinajstić information content (AvgIpc) is 2.26. The molecule has 1 heterocycles. The van der Waals surface area contributed by atoms with Gasteiger partial charge >= 0.3 is 6.03 Å². The number of amides is 3. The predicted octanol–water partition coefficient (Wildman–Crippen LogP) is -0.392. The van der Waals surface area contributed by atoms with Gasteiger partial charge in [-0.3, -0.25) is 10.1 Å². The van der Waals surface area contributed by atoms with Crippen LogP contribution in [0.4, 0.5) is 4.79 Å². The zero-order valence-electron chi connectivity index (χ0n) is 5.89. The minimum Gasteiger partial charge on any atom is -0.326 e. The third-order valence-corrected chi connectivity index (χ3v) is 1.44. The summed E-state index contributed by atoms with van der Waals surface area (Å²) in [4.78, 5) is 21.4. The third-order valence-electron chi connectivity index (χ3n) is 1.44. The van der Waals surface area contributed by atoms with Crippen LogP contribution in [-0.4, -0.2) is 18.0 Å². The van der Waals surface area contributed by atoms with Crippen LogP contribution in [0, 0.1) is 12.3 Å². The number of rotatable bonds is 2. The summed E-state index contributed by atoms with van der Waals surface area (Å²) in [6, 6.07) is -0.865. The minimum absolute atomic E-state index is 0.287. The molecule has 1 atom stereocenters. The van der Waals surface area contributed by atoms with Gasteiger partial charge in [-0.1, -0.05) is 0 Å². The molecule has 0 aromatic carbocycles. The van der Waals surface area contributed by atoms with Gasteiger partial charge < -0.3 is 5.32 Å². The summed E-state index contributed by atoms with van der Waals surface area (Å²) in [5.74, 6) is 2.11. The lowest BCUT2D eigenvalue weighted by Gasteiger charge is -2.01. The molecule has 0 bridgehead atoms. The van der Waals surface area contributed by atoms with Gasteiger partial charge in [-0.2, -0.15) is 0 Å². The number of nitrogens with one attached hydrogen (secondary N) is 2. The molecule has 4 nitrogen and oxygen atoms in total. The van der Waals surface area contributed by atoms with Crippen molar-refractivity contribution in [2.24, 2.45) is 0 Å². The van der Waals surface area contributed by atoms with Gasteiger partial charge in [0, 0.05) is 6.42 Å². The summed E-state index contributed by atoms with van der Waals surface area (Å²) in [5, 5.41) is 4.56. The average molecular weight is 152 g/mol. The number of terminal acetylenes is 1. The Morgan fingerprint density at radius 1 is 1.55 bits per heavy atom. The van der Waals surface area contributed by atoms with Crippen molar-refractivity contribution in [3.05, 3.63) is 0 Å². The quantitative estimate of drug-likeness (QED) is 0.418. The van der Waals surface area contributed by atoms with Crippen LogP contribution in [0.15, 0.2) is 0 Å². The summed E-state index contributed by atoms with van der Waals surface area (Å²) < 4.78 is 0. The molecule has 2 N–H and O–H groups in total. The molecule has 1 aliphatic heterocycles. The Labute approximate surface area is 64.3 Å². The van der Waals surface area contributed by atoms with Gasteiger partial charge in [-0.25, -0.2) is 4.79 Å². The number of urea groups is 1.